The minimum absolute atomic E-state index is 0.0668. The number of carbonyl (C=O) groups is 1. The Morgan fingerprint density at radius 3 is 2.66 bits per heavy atom. The molecule has 4 aromatic heterocycles. The van der Waals surface area contributed by atoms with Crippen LogP contribution in [0.2, 0.25) is 0 Å². The fourth-order valence-electron chi connectivity index (χ4n) is 2.85. The monoisotopic (exact) mass is 398 g/mol. The number of rotatable bonds is 3. The van der Waals surface area contributed by atoms with Crippen LogP contribution in [0.15, 0.2) is 55.0 Å². The van der Waals surface area contributed by atoms with Crippen LogP contribution in [0, 0.1) is 0 Å². The Kier molecular flexibility index (Phi) is 4.45. The van der Waals surface area contributed by atoms with Gasteiger partial charge in [0, 0.05) is 25.0 Å². The minimum Gasteiger partial charge on any atom is -0.355 e. The van der Waals surface area contributed by atoms with E-state index in [1.807, 2.05) is 0 Å². The van der Waals surface area contributed by atoms with E-state index in [1.165, 1.54) is 36.1 Å². The number of fused-ring (bicyclic) bond motifs is 1. The van der Waals surface area contributed by atoms with Crippen molar-refractivity contribution in [3.05, 3.63) is 66.2 Å². The van der Waals surface area contributed by atoms with Crippen molar-refractivity contribution in [1.29, 1.82) is 0 Å². The molecule has 0 radical (unpaired) electrons. The summed E-state index contributed by atoms with van der Waals surface area (Å²) in [5, 5.41) is 6.60. The number of nitrogens with zero attached hydrogens (tertiary/aromatic N) is 5. The molecular weight excluding hydrogens is 385 g/mol. The SMILES string of the molecule is CNC(=O)c1cnn2ccc(-c3cccnc3-c3cccc(C(F)(F)F)n3)nc12. The van der Waals surface area contributed by atoms with E-state index in [4.69, 9.17) is 0 Å². The molecule has 0 fully saturated rings. The zero-order valence-electron chi connectivity index (χ0n) is 15.0. The Bertz CT molecular complexity index is 1220. The Balaban J connectivity index is 1.87. The van der Waals surface area contributed by atoms with Crippen LogP contribution in [-0.4, -0.2) is 37.5 Å². The summed E-state index contributed by atoms with van der Waals surface area (Å²) in [5.41, 5.74) is 0.795. The molecule has 0 aliphatic rings. The van der Waals surface area contributed by atoms with Gasteiger partial charge >= 0.3 is 6.18 Å². The molecule has 0 aliphatic heterocycles. The zero-order valence-corrected chi connectivity index (χ0v) is 15.0. The molecule has 0 saturated carbocycles. The van der Waals surface area contributed by atoms with E-state index in [0.29, 0.717) is 16.9 Å². The number of carbonyl (C=O) groups excluding carboxylic acids is 1. The minimum atomic E-state index is -4.57. The van der Waals surface area contributed by atoms with Gasteiger partial charge in [0.25, 0.3) is 5.91 Å². The van der Waals surface area contributed by atoms with Crippen molar-refractivity contribution in [3.8, 4) is 22.6 Å². The van der Waals surface area contributed by atoms with Crippen molar-refractivity contribution in [2.75, 3.05) is 7.05 Å². The van der Waals surface area contributed by atoms with Crippen molar-refractivity contribution in [2.24, 2.45) is 0 Å². The van der Waals surface area contributed by atoms with Crippen LogP contribution < -0.4 is 5.32 Å². The molecule has 29 heavy (non-hydrogen) atoms. The largest absolute Gasteiger partial charge is 0.433 e. The smallest absolute Gasteiger partial charge is 0.355 e. The van der Waals surface area contributed by atoms with Crippen molar-refractivity contribution >= 4 is 11.6 Å². The van der Waals surface area contributed by atoms with E-state index in [-0.39, 0.29) is 22.9 Å². The van der Waals surface area contributed by atoms with Gasteiger partial charge in [0.15, 0.2) is 5.65 Å². The van der Waals surface area contributed by atoms with Gasteiger partial charge in [-0.3, -0.25) is 9.78 Å². The fraction of sp³-hybridized carbons (Fsp3) is 0.105. The van der Waals surface area contributed by atoms with Crippen molar-refractivity contribution in [2.45, 2.75) is 6.18 Å². The molecule has 1 N–H and O–H groups in total. The summed E-state index contributed by atoms with van der Waals surface area (Å²) in [5.74, 6) is -0.351. The molecule has 0 atom stereocenters. The molecular formula is C19H13F3N6O. The summed E-state index contributed by atoms with van der Waals surface area (Å²) in [6, 6.07) is 8.60. The van der Waals surface area contributed by atoms with Crippen LogP contribution in [0.1, 0.15) is 16.1 Å². The Labute approximate surface area is 162 Å². The highest BCUT2D eigenvalue weighted by atomic mass is 19.4. The number of pyridine rings is 2. The van der Waals surface area contributed by atoms with Crippen LogP contribution in [-0.2, 0) is 6.18 Å². The van der Waals surface area contributed by atoms with E-state index >= 15 is 0 Å². The molecule has 0 spiro atoms. The summed E-state index contributed by atoms with van der Waals surface area (Å²) in [6.45, 7) is 0. The number of alkyl halides is 3. The summed E-state index contributed by atoms with van der Waals surface area (Å²) in [6.07, 6.45) is -0.0971. The van der Waals surface area contributed by atoms with Gasteiger partial charge in [0.05, 0.1) is 23.3 Å². The molecule has 4 heterocycles. The maximum Gasteiger partial charge on any atom is 0.433 e. The second-order valence-corrected chi connectivity index (χ2v) is 6.02. The molecule has 10 heteroatoms. The van der Waals surface area contributed by atoms with Crippen molar-refractivity contribution < 1.29 is 18.0 Å². The highest BCUT2D eigenvalue weighted by Gasteiger charge is 2.32. The van der Waals surface area contributed by atoms with Gasteiger partial charge in [0.1, 0.15) is 11.3 Å². The predicted molar refractivity (Wildman–Crippen MR) is 97.8 cm³/mol. The lowest BCUT2D eigenvalue weighted by atomic mass is 10.1. The van der Waals surface area contributed by atoms with Gasteiger partial charge in [-0.25, -0.2) is 14.5 Å². The first-order valence-corrected chi connectivity index (χ1v) is 8.45. The standard InChI is InChI=1S/C19H13F3N6O/c1-23-18(29)12-10-25-28-9-7-13(27-17(12)28)11-4-3-8-24-16(11)14-5-2-6-15(26-14)19(20,21)22/h2-10H,1H3,(H,23,29). The first kappa shape index (κ1) is 18.5. The number of aromatic nitrogens is 5. The lowest BCUT2D eigenvalue weighted by Gasteiger charge is -2.10. The van der Waals surface area contributed by atoms with Crippen LogP contribution in [0.4, 0.5) is 13.2 Å². The lowest BCUT2D eigenvalue weighted by Crippen LogP contribution is -2.17. The average molecular weight is 398 g/mol. The number of hydrogen-bond acceptors (Lipinski definition) is 5. The van der Waals surface area contributed by atoms with Gasteiger partial charge in [0.2, 0.25) is 0 Å². The molecule has 4 aromatic rings. The maximum absolute atomic E-state index is 13.1. The van der Waals surface area contributed by atoms with Gasteiger partial charge in [-0.05, 0) is 30.3 Å². The van der Waals surface area contributed by atoms with Gasteiger partial charge < -0.3 is 5.32 Å². The summed E-state index contributed by atoms with van der Waals surface area (Å²) < 4.78 is 40.6. The zero-order chi connectivity index (χ0) is 20.6. The highest BCUT2D eigenvalue weighted by molar-refractivity contribution is 5.99. The highest BCUT2D eigenvalue weighted by Crippen LogP contribution is 2.32. The fourth-order valence-corrected chi connectivity index (χ4v) is 2.85. The van der Waals surface area contributed by atoms with E-state index in [9.17, 15) is 18.0 Å². The molecule has 146 valence electrons. The van der Waals surface area contributed by atoms with E-state index < -0.39 is 11.9 Å². The van der Waals surface area contributed by atoms with Crippen LogP contribution in [0.25, 0.3) is 28.3 Å². The van der Waals surface area contributed by atoms with E-state index in [0.717, 1.165) is 6.07 Å². The molecule has 0 saturated heterocycles. The summed E-state index contributed by atoms with van der Waals surface area (Å²) in [4.78, 5) is 24.4. The number of amides is 1. The van der Waals surface area contributed by atoms with Crippen LogP contribution in [0.3, 0.4) is 0 Å². The van der Waals surface area contributed by atoms with Crippen LogP contribution in [0.5, 0.6) is 0 Å². The lowest BCUT2D eigenvalue weighted by molar-refractivity contribution is -0.141. The normalized spacial score (nSPS) is 11.6. The van der Waals surface area contributed by atoms with Crippen molar-refractivity contribution in [1.82, 2.24) is 29.9 Å². The van der Waals surface area contributed by atoms with Gasteiger partial charge in [-0.2, -0.15) is 18.3 Å². The van der Waals surface area contributed by atoms with Gasteiger partial charge in [-0.1, -0.05) is 6.07 Å². The maximum atomic E-state index is 13.1. The third-order valence-electron chi connectivity index (χ3n) is 4.21. The molecule has 0 unspecified atom stereocenters. The molecule has 1 amide bonds. The molecule has 0 bridgehead atoms. The Morgan fingerprint density at radius 2 is 1.90 bits per heavy atom. The topological polar surface area (TPSA) is 85.1 Å². The summed E-state index contributed by atoms with van der Waals surface area (Å²) >= 11 is 0. The molecule has 0 aromatic carbocycles. The average Bonchev–Trinajstić information content (AvgIpc) is 3.16. The quantitative estimate of drug-likeness (QED) is 0.573. The Morgan fingerprint density at radius 1 is 1.07 bits per heavy atom. The second kappa shape index (κ2) is 6.97. The second-order valence-electron chi connectivity index (χ2n) is 6.02. The number of halogens is 3. The van der Waals surface area contributed by atoms with Gasteiger partial charge in [-0.15, -0.1) is 0 Å². The molecule has 4 rings (SSSR count). The number of hydrogen-bond donors (Lipinski definition) is 1. The van der Waals surface area contributed by atoms with Crippen molar-refractivity contribution in [3.63, 3.8) is 0 Å². The van der Waals surface area contributed by atoms with E-state index in [1.54, 1.807) is 24.4 Å². The van der Waals surface area contributed by atoms with Crippen LogP contribution >= 0.6 is 0 Å². The van der Waals surface area contributed by atoms with E-state index in [2.05, 4.69) is 25.4 Å². The number of nitrogens with one attached hydrogen (secondary N) is 1. The first-order valence-electron chi connectivity index (χ1n) is 8.45. The summed E-state index contributed by atoms with van der Waals surface area (Å²) in [7, 11) is 1.49. The predicted octanol–water partition coefficient (Wildman–Crippen LogP) is 3.23. The first-order chi connectivity index (χ1) is 13.9. The molecule has 7 nitrogen and oxygen atoms in total. The third kappa shape index (κ3) is 3.40. The molecule has 0 aliphatic carbocycles. The third-order valence-corrected chi connectivity index (χ3v) is 4.21. The Hall–Kier alpha value is -3.82.